The fourth-order valence-corrected chi connectivity index (χ4v) is 8.23. The summed E-state index contributed by atoms with van der Waals surface area (Å²) in [6, 6.07) is 16.1. The highest BCUT2D eigenvalue weighted by Gasteiger charge is 2.53. The summed E-state index contributed by atoms with van der Waals surface area (Å²) >= 11 is 0. The zero-order chi connectivity index (χ0) is 55.4. The minimum atomic E-state index is -2.15. The molecule has 0 bridgehead atoms. The number of hydrogen-bond donors (Lipinski definition) is 15. The fraction of sp³-hybridized carbons (Fsp3) is 0.353. The van der Waals surface area contributed by atoms with Crippen molar-refractivity contribution in [1.82, 2.24) is 0 Å². The van der Waals surface area contributed by atoms with Crippen molar-refractivity contribution >= 4 is 35.1 Å². The largest absolute Gasteiger partial charge is 0.508 e. The lowest BCUT2D eigenvalue weighted by atomic mass is 9.97. The van der Waals surface area contributed by atoms with Crippen molar-refractivity contribution < 1.29 is 128 Å². The molecule has 26 nitrogen and oxygen atoms in total. The van der Waals surface area contributed by atoms with Crippen LogP contribution in [0, 0.1) is 0 Å². The van der Waals surface area contributed by atoms with Gasteiger partial charge in [0.1, 0.15) is 103 Å². The SMILES string of the molecule is O=C(C=Cc1ccc(O)c(O)c1)OCC1OC(OC2C(Oc3cc4c(OC5OC(CO)C(O)C(O)C5O)cc(O)cc4[o+]c3-c3ccc(O)cc3)OC(COC(=O)C=Cc3ccc(O)c(O)c3)C(O)C2O)C(O)C(O)C1O. The zero-order valence-electron chi connectivity index (χ0n) is 39.8. The third-order valence-corrected chi connectivity index (χ3v) is 12.5. The van der Waals surface area contributed by atoms with Crippen molar-refractivity contribution in [2.24, 2.45) is 0 Å². The molecule has 0 spiro atoms. The summed E-state index contributed by atoms with van der Waals surface area (Å²) in [5.74, 6) is -5.35. The van der Waals surface area contributed by atoms with E-state index in [2.05, 4.69) is 0 Å². The lowest BCUT2D eigenvalue weighted by Gasteiger charge is -2.45. The molecule has 3 saturated heterocycles. The molecule has 3 aliphatic rings. The van der Waals surface area contributed by atoms with E-state index in [0.29, 0.717) is 0 Å². The molecule has 15 unspecified atom stereocenters. The Morgan fingerprint density at radius 3 is 1.57 bits per heavy atom. The molecule has 4 heterocycles. The van der Waals surface area contributed by atoms with E-state index in [-0.39, 0.29) is 50.7 Å². The smallest absolute Gasteiger partial charge is 0.402 e. The Morgan fingerprint density at radius 2 is 1.01 bits per heavy atom. The molecule has 0 aliphatic carbocycles. The number of ether oxygens (including phenoxy) is 8. The van der Waals surface area contributed by atoms with Crippen LogP contribution in [0.4, 0.5) is 0 Å². The van der Waals surface area contributed by atoms with E-state index in [4.69, 9.17) is 42.3 Å². The highest BCUT2D eigenvalue weighted by Crippen LogP contribution is 2.43. The normalized spacial score (nSPS) is 29.6. The van der Waals surface area contributed by atoms with Crippen LogP contribution in [0.15, 0.2) is 95.4 Å². The molecule has 3 fully saturated rings. The number of carbonyl (C=O) groups excluding carboxylic acids is 2. The molecule has 0 amide bonds. The number of esters is 2. The van der Waals surface area contributed by atoms with Crippen LogP contribution in [-0.4, -0.2) is 200 Å². The van der Waals surface area contributed by atoms with Crippen LogP contribution in [0.25, 0.3) is 34.4 Å². The van der Waals surface area contributed by atoms with Crippen molar-refractivity contribution in [2.75, 3.05) is 19.8 Å². The second kappa shape index (κ2) is 23.9. The van der Waals surface area contributed by atoms with E-state index < -0.39 is 153 Å². The molecular formula is C51H53O26+. The molecule has 15 N–H and O–H groups in total. The Morgan fingerprint density at radius 1 is 0.506 bits per heavy atom. The number of fused-ring (bicyclic) bond motifs is 1. The molecule has 0 saturated carbocycles. The molecule has 26 heteroatoms. The van der Waals surface area contributed by atoms with Gasteiger partial charge < -0.3 is 114 Å². The Bertz CT molecular complexity index is 2950. The van der Waals surface area contributed by atoms with Gasteiger partial charge in [0.2, 0.25) is 18.3 Å². The molecule has 3 aliphatic heterocycles. The van der Waals surface area contributed by atoms with Gasteiger partial charge in [-0.15, -0.1) is 0 Å². The number of phenols is 6. The Labute approximate surface area is 434 Å². The molecule has 5 aromatic rings. The van der Waals surface area contributed by atoms with Gasteiger partial charge in [0, 0.05) is 24.3 Å². The highest BCUT2D eigenvalue weighted by atomic mass is 16.8. The van der Waals surface area contributed by atoms with Gasteiger partial charge in [0.05, 0.1) is 18.2 Å². The number of rotatable bonds is 16. The molecule has 1 aromatic heterocycles. The summed E-state index contributed by atoms with van der Waals surface area (Å²) in [6.45, 7) is -2.40. The van der Waals surface area contributed by atoms with Crippen molar-refractivity contribution in [1.29, 1.82) is 0 Å². The highest BCUT2D eigenvalue weighted by molar-refractivity contribution is 5.89. The van der Waals surface area contributed by atoms with Gasteiger partial charge in [0.15, 0.2) is 35.4 Å². The van der Waals surface area contributed by atoms with Crippen LogP contribution in [-0.2, 0) is 38.0 Å². The van der Waals surface area contributed by atoms with Crippen LogP contribution < -0.4 is 9.47 Å². The number of aromatic hydroxyl groups is 6. The van der Waals surface area contributed by atoms with E-state index in [1.54, 1.807) is 0 Å². The van der Waals surface area contributed by atoms with Crippen LogP contribution in [0.2, 0.25) is 0 Å². The van der Waals surface area contributed by atoms with E-state index in [1.807, 2.05) is 0 Å². The molecular weight excluding hydrogens is 1030 g/mol. The zero-order valence-corrected chi connectivity index (χ0v) is 39.8. The summed E-state index contributed by atoms with van der Waals surface area (Å²) in [7, 11) is 0. The summed E-state index contributed by atoms with van der Waals surface area (Å²) in [5, 5.41) is 158. The standard InChI is InChI=1S/C51H52O26/c52-18-34-39(61)42(64)45(67)49(74-34)72-32-16-25(54)15-31-26(32)17-33(47(71-31)23-5-7-24(53)8-6-23)73-51-48(44(66)41(63)36(76-51)20-70-38(60)12-4-22-2-10-28(56)30(58)14-22)77-50-46(68)43(65)40(62)35(75-50)19-69-37(59)11-3-21-1-9-27(55)29(57)13-21/h1-17,34-36,39-46,48-52,61-68H,18-20H2,(H5-,53,54,55,56,57,58,59,60)/p+1. The number of phenolic OH excluding ortho intramolecular Hbond substituents is 6. The minimum absolute atomic E-state index is 0.0815. The topological polar surface area (TPSA) is 423 Å². The number of hydrogen-bond acceptors (Lipinski definition) is 25. The minimum Gasteiger partial charge on any atom is -0.508 e. The van der Waals surface area contributed by atoms with Gasteiger partial charge in [-0.3, -0.25) is 0 Å². The summed E-state index contributed by atoms with van der Waals surface area (Å²) in [4.78, 5) is 25.6. The third kappa shape index (κ3) is 12.7. The van der Waals surface area contributed by atoms with Gasteiger partial charge in [-0.25, -0.2) is 14.0 Å². The second-order valence-electron chi connectivity index (χ2n) is 17.8. The Balaban J connectivity index is 1.12. The molecule has 412 valence electrons. The van der Waals surface area contributed by atoms with Crippen molar-refractivity contribution in [3.8, 4) is 57.3 Å². The first-order valence-electron chi connectivity index (χ1n) is 23.4. The predicted octanol–water partition coefficient (Wildman–Crippen LogP) is -0.675. The van der Waals surface area contributed by atoms with Crippen LogP contribution in [0.1, 0.15) is 11.1 Å². The number of aliphatic hydroxyl groups is 9. The number of carbonyl (C=O) groups is 2. The lowest BCUT2D eigenvalue weighted by Crippen LogP contribution is -2.65. The Kier molecular flexibility index (Phi) is 17.3. The summed E-state index contributed by atoms with van der Waals surface area (Å²) < 4.78 is 52.6. The van der Waals surface area contributed by atoms with Gasteiger partial charge in [-0.1, -0.05) is 12.1 Å². The first-order valence-corrected chi connectivity index (χ1v) is 23.4. The van der Waals surface area contributed by atoms with Gasteiger partial charge in [0.25, 0.3) is 0 Å². The second-order valence-corrected chi connectivity index (χ2v) is 17.8. The van der Waals surface area contributed by atoms with Crippen molar-refractivity contribution in [3.05, 3.63) is 102 Å². The van der Waals surface area contributed by atoms with Gasteiger partial charge in [-0.05, 0) is 71.8 Å². The average Bonchev–Trinajstić information content (AvgIpc) is 3.42. The third-order valence-electron chi connectivity index (χ3n) is 12.5. The van der Waals surface area contributed by atoms with E-state index >= 15 is 0 Å². The fourth-order valence-electron chi connectivity index (χ4n) is 8.23. The maximum absolute atomic E-state index is 12.9. The van der Waals surface area contributed by atoms with E-state index in [0.717, 1.165) is 36.4 Å². The van der Waals surface area contributed by atoms with Crippen molar-refractivity contribution in [2.45, 2.75) is 92.1 Å². The Hall–Kier alpha value is -7.41. The average molecular weight is 1080 g/mol. The summed E-state index contributed by atoms with van der Waals surface area (Å²) in [5.41, 5.74) is 0.570. The maximum Gasteiger partial charge on any atom is 0.402 e. The van der Waals surface area contributed by atoms with Crippen molar-refractivity contribution in [3.63, 3.8) is 0 Å². The van der Waals surface area contributed by atoms with Gasteiger partial charge in [-0.2, -0.15) is 0 Å². The molecule has 15 atom stereocenters. The summed E-state index contributed by atoms with van der Waals surface area (Å²) in [6.07, 6.45) is -24.2. The first-order chi connectivity index (χ1) is 36.7. The monoisotopic (exact) mass is 1080 g/mol. The first kappa shape index (κ1) is 55.8. The lowest BCUT2D eigenvalue weighted by molar-refractivity contribution is -0.358. The van der Waals surface area contributed by atoms with E-state index in [9.17, 15) is 86.2 Å². The number of benzene rings is 4. The predicted molar refractivity (Wildman–Crippen MR) is 256 cm³/mol. The van der Waals surface area contributed by atoms with Crippen LogP contribution >= 0.6 is 0 Å². The molecule has 77 heavy (non-hydrogen) atoms. The number of aliphatic hydroxyl groups excluding tert-OH is 9. The van der Waals surface area contributed by atoms with Crippen LogP contribution in [0.5, 0.6) is 46.0 Å². The molecule has 4 aromatic carbocycles. The maximum atomic E-state index is 12.9. The molecule has 0 radical (unpaired) electrons. The van der Waals surface area contributed by atoms with Crippen LogP contribution in [0.3, 0.4) is 0 Å². The van der Waals surface area contributed by atoms with E-state index in [1.165, 1.54) is 66.7 Å². The van der Waals surface area contributed by atoms with Gasteiger partial charge >= 0.3 is 23.3 Å². The molecule has 8 rings (SSSR count). The quantitative estimate of drug-likeness (QED) is 0.0252.